The first-order chi connectivity index (χ1) is 14.5. The van der Waals surface area contributed by atoms with E-state index in [1.165, 1.54) is 7.11 Å². The highest BCUT2D eigenvalue weighted by molar-refractivity contribution is 5.99. The fourth-order valence-electron chi connectivity index (χ4n) is 3.54. The number of esters is 2. The molecule has 0 aromatic heterocycles. The second-order valence-corrected chi connectivity index (χ2v) is 6.96. The van der Waals surface area contributed by atoms with Gasteiger partial charge in [0.15, 0.2) is 6.61 Å². The number of amides is 1. The first-order valence-corrected chi connectivity index (χ1v) is 9.66. The van der Waals surface area contributed by atoms with Gasteiger partial charge in [0.25, 0.3) is 5.91 Å². The van der Waals surface area contributed by atoms with Crippen LogP contribution >= 0.6 is 0 Å². The summed E-state index contributed by atoms with van der Waals surface area (Å²) in [5.74, 6) is -1.39. The van der Waals surface area contributed by atoms with Gasteiger partial charge >= 0.3 is 11.9 Å². The van der Waals surface area contributed by atoms with Crippen molar-refractivity contribution in [3.8, 4) is 17.2 Å². The lowest BCUT2D eigenvalue weighted by atomic mass is 9.96. The van der Waals surface area contributed by atoms with Crippen molar-refractivity contribution in [3.63, 3.8) is 0 Å². The van der Waals surface area contributed by atoms with E-state index in [-0.39, 0.29) is 30.0 Å². The molecule has 3 rings (SSSR count). The molecule has 154 valence electrons. The summed E-state index contributed by atoms with van der Waals surface area (Å²) in [4.78, 5) is 38.3. The lowest BCUT2D eigenvalue weighted by molar-refractivity contribution is -0.149. The van der Waals surface area contributed by atoms with Gasteiger partial charge in [-0.15, -0.1) is 0 Å². The molecule has 0 aliphatic carbocycles. The second-order valence-electron chi connectivity index (χ2n) is 6.96. The summed E-state index contributed by atoms with van der Waals surface area (Å²) < 4.78 is 10.0. The molecule has 1 aliphatic heterocycles. The molecule has 2 aromatic carbocycles. The molecule has 0 unspecified atom stereocenters. The Kier molecular flexibility index (Phi) is 6.81. The Hall–Kier alpha value is -3.66. The average Bonchev–Trinajstić information content (AvgIpc) is 2.81. The van der Waals surface area contributed by atoms with Gasteiger partial charge in [-0.05, 0) is 30.5 Å². The van der Waals surface area contributed by atoms with Crippen LogP contribution in [0.5, 0.6) is 0 Å². The molecule has 0 N–H and O–H groups in total. The summed E-state index contributed by atoms with van der Waals surface area (Å²) in [6, 6.07) is 15.9. The monoisotopic (exact) mass is 406 g/mol. The van der Waals surface area contributed by atoms with Gasteiger partial charge in [-0.2, -0.15) is 5.26 Å². The van der Waals surface area contributed by atoms with Gasteiger partial charge in [0, 0.05) is 18.7 Å². The van der Waals surface area contributed by atoms with E-state index in [4.69, 9.17) is 9.47 Å². The maximum absolute atomic E-state index is 12.7. The normalized spacial score (nSPS) is 13.9. The lowest BCUT2D eigenvalue weighted by Crippen LogP contribution is -2.42. The number of carbonyl (C=O) groups is 3. The highest BCUT2D eigenvalue weighted by atomic mass is 16.5. The minimum absolute atomic E-state index is 0.200. The van der Waals surface area contributed by atoms with E-state index in [0.717, 1.165) is 0 Å². The number of ether oxygens (including phenoxy) is 2. The van der Waals surface area contributed by atoms with Gasteiger partial charge in [-0.25, -0.2) is 4.79 Å². The third kappa shape index (κ3) is 4.66. The zero-order chi connectivity index (χ0) is 21.5. The van der Waals surface area contributed by atoms with Crippen LogP contribution in [-0.2, 0) is 19.1 Å². The number of likely N-dealkylation sites (tertiary alicyclic amines) is 1. The number of hydrogen-bond donors (Lipinski definition) is 0. The molecule has 0 spiro atoms. The number of benzene rings is 2. The maximum atomic E-state index is 12.7. The maximum Gasteiger partial charge on any atom is 0.339 e. The standard InChI is InChI=1S/C23H22N2O5/c1-29-22(27)16-10-12-25(13-11-16)21(26)15-30-23(28)20-9-5-4-8-19(20)18-7-3-2-6-17(18)14-24/h2-9,16H,10-13,15H2,1H3. The average molecular weight is 406 g/mol. The Bertz CT molecular complexity index is 987. The topological polar surface area (TPSA) is 96.7 Å². The number of hydrogen-bond acceptors (Lipinski definition) is 6. The minimum atomic E-state index is -0.629. The molecule has 1 fully saturated rings. The van der Waals surface area contributed by atoms with Crippen LogP contribution in [0.4, 0.5) is 0 Å². The molecule has 0 saturated carbocycles. The zero-order valence-electron chi connectivity index (χ0n) is 16.7. The van der Waals surface area contributed by atoms with Crippen molar-refractivity contribution in [3.05, 3.63) is 59.7 Å². The number of nitriles is 1. The van der Waals surface area contributed by atoms with Crippen LogP contribution in [0.2, 0.25) is 0 Å². The molecular weight excluding hydrogens is 384 g/mol. The van der Waals surface area contributed by atoms with Crippen LogP contribution in [0, 0.1) is 17.2 Å². The highest BCUT2D eigenvalue weighted by Crippen LogP contribution is 2.27. The van der Waals surface area contributed by atoms with Crippen molar-refractivity contribution >= 4 is 17.8 Å². The molecule has 7 nitrogen and oxygen atoms in total. The van der Waals surface area contributed by atoms with Gasteiger partial charge in [-0.1, -0.05) is 36.4 Å². The third-order valence-electron chi connectivity index (χ3n) is 5.19. The fraction of sp³-hybridized carbons (Fsp3) is 0.304. The van der Waals surface area contributed by atoms with Crippen molar-refractivity contribution in [1.82, 2.24) is 4.90 Å². The first kappa shape index (κ1) is 21.1. The predicted octanol–water partition coefficient (Wildman–Crippen LogP) is 2.79. The largest absolute Gasteiger partial charge is 0.469 e. The van der Waals surface area contributed by atoms with Crippen molar-refractivity contribution in [2.45, 2.75) is 12.8 Å². The Morgan fingerprint density at radius 1 is 1.03 bits per heavy atom. The van der Waals surface area contributed by atoms with Gasteiger partial charge in [0.1, 0.15) is 0 Å². The summed E-state index contributed by atoms with van der Waals surface area (Å²) in [6.45, 7) is 0.459. The van der Waals surface area contributed by atoms with Crippen LogP contribution in [0.3, 0.4) is 0 Å². The molecule has 7 heteroatoms. The fourth-order valence-corrected chi connectivity index (χ4v) is 3.54. The predicted molar refractivity (Wildman–Crippen MR) is 108 cm³/mol. The Labute approximate surface area is 174 Å². The van der Waals surface area contributed by atoms with E-state index >= 15 is 0 Å². The van der Waals surface area contributed by atoms with E-state index in [1.807, 2.05) is 0 Å². The van der Waals surface area contributed by atoms with Gasteiger partial charge in [0.2, 0.25) is 0 Å². The molecule has 1 aliphatic rings. The Morgan fingerprint density at radius 3 is 2.33 bits per heavy atom. The number of carbonyl (C=O) groups excluding carboxylic acids is 3. The summed E-state index contributed by atoms with van der Waals surface area (Å²) >= 11 is 0. The van der Waals surface area contributed by atoms with E-state index in [1.54, 1.807) is 53.4 Å². The number of rotatable bonds is 5. The van der Waals surface area contributed by atoms with Crippen molar-refractivity contribution < 1.29 is 23.9 Å². The summed E-state index contributed by atoms with van der Waals surface area (Å²) in [5, 5.41) is 9.35. The molecule has 0 atom stereocenters. The molecule has 30 heavy (non-hydrogen) atoms. The quantitative estimate of drug-likeness (QED) is 0.709. The van der Waals surface area contributed by atoms with Crippen LogP contribution < -0.4 is 0 Å². The van der Waals surface area contributed by atoms with Crippen LogP contribution in [-0.4, -0.2) is 49.6 Å². The van der Waals surface area contributed by atoms with Crippen molar-refractivity contribution in [2.24, 2.45) is 5.92 Å². The number of piperidine rings is 1. The SMILES string of the molecule is COC(=O)C1CCN(C(=O)COC(=O)c2ccccc2-c2ccccc2C#N)CC1. The van der Waals surface area contributed by atoms with Gasteiger partial charge < -0.3 is 14.4 Å². The number of methoxy groups -OCH3 is 1. The van der Waals surface area contributed by atoms with Gasteiger partial charge in [-0.3, -0.25) is 9.59 Å². The second kappa shape index (κ2) is 9.70. The van der Waals surface area contributed by atoms with E-state index in [2.05, 4.69) is 6.07 Å². The summed E-state index contributed by atoms with van der Waals surface area (Å²) in [5.41, 5.74) is 1.94. The van der Waals surface area contributed by atoms with Crippen LogP contribution in [0.25, 0.3) is 11.1 Å². The number of nitrogens with zero attached hydrogens (tertiary/aromatic N) is 2. The lowest BCUT2D eigenvalue weighted by Gasteiger charge is -2.30. The molecule has 2 aromatic rings. The molecule has 1 heterocycles. The smallest absolute Gasteiger partial charge is 0.339 e. The van der Waals surface area contributed by atoms with E-state index in [9.17, 15) is 19.6 Å². The van der Waals surface area contributed by atoms with Crippen LogP contribution in [0.1, 0.15) is 28.8 Å². The Morgan fingerprint density at radius 2 is 1.67 bits per heavy atom. The van der Waals surface area contributed by atoms with E-state index < -0.39 is 5.97 Å². The molecular formula is C23H22N2O5. The summed E-state index contributed by atoms with van der Waals surface area (Å²) in [7, 11) is 1.35. The third-order valence-corrected chi connectivity index (χ3v) is 5.19. The zero-order valence-corrected chi connectivity index (χ0v) is 16.7. The van der Waals surface area contributed by atoms with Crippen LogP contribution in [0.15, 0.2) is 48.5 Å². The molecule has 0 bridgehead atoms. The molecule has 1 amide bonds. The van der Waals surface area contributed by atoms with Gasteiger partial charge in [0.05, 0.1) is 30.2 Å². The molecule has 0 radical (unpaired) electrons. The van der Waals surface area contributed by atoms with Crippen molar-refractivity contribution in [1.29, 1.82) is 5.26 Å². The first-order valence-electron chi connectivity index (χ1n) is 9.66. The van der Waals surface area contributed by atoms with Crippen molar-refractivity contribution in [2.75, 3.05) is 26.8 Å². The Balaban J connectivity index is 1.65. The summed E-state index contributed by atoms with van der Waals surface area (Å²) in [6.07, 6.45) is 1.06. The molecule has 1 saturated heterocycles. The van der Waals surface area contributed by atoms with E-state index in [0.29, 0.717) is 42.6 Å². The minimum Gasteiger partial charge on any atom is -0.469 e. The highest BCUT2D eigenvalue weighted by Gasteiger charge is 2.28.